The first-order chi connectivity index (χ1) is 11.4. The molecule has 0 saturated heterocycles. The second-order valence-electron chi connectivity index (χ2n) is 5.63. The van der Waals surface area contributed by atoms with E-state index in [-0.39, 0.29) is 22.9 Å². The molecule has 0 amide bonds. The number of nitrogens with zero attached hydrogens (tertiary/aromatic N) is 2. The fourth-order valence-electron chi connectivity index (χ4n) is 2.67. The zero-order valence-corrected chi connectivity index (χ0v) is 14.4. The van der Waals surface area contributed by atoms with Crippen molar-refractivity contribution in [3.8, 4) is 5.69 Å². The summed E-state index contributed by atoms with van der Waals surface area (Å²) in [6, 6.07) is 14.4. The molecule has 124 valence electrons. The number of aromatic nitrogens is 2. The predicted molar refractivity (Wildman–Crippen MR) is 93.2 cm³/mol. The average molecular weight is 342 g/mol. The molecule has 24 heavy (non-hydrogen) atoms. The van der Waals surface area contributed by atoms with Gasteiger partial charge >= 0.3 is 0 Å². The van der Waals surface area contributed by atoms with Gasteiger partial charge in [-0.15, -0.1) is 0 Å². The molecule has 0 atom stereocenters. The third kappa shape index (κ3) is 2.97. The molecule has 0 radical (unpaired) electrons. The highest BCUT2D eigenvalue weighted by Crippen LogP contribution is 2.25. The fourth-order valence-corrected chi connectivity index (χ4v) is 3.57. The zero-order valence-electron chi connectivity index (χ0n) is 13.6. The van der Waals surface area contributed by atoms with Crippen LogP contribution < -0.4 is 0 Å². The largest absolute Gasteiger partial charge is 0.300 e. The van der Waals surface area contributed by atoms with E-state index in [1.54, 1.807) is 25.1 Å². The van der Waals surface area contributed by atoms with E-state index in [0.29, 0.717) is 16.9 Å². The van der Waals surface area contributed by atoms with Crippen LogP contribution in [0.4, 0.5) is 0 Å². The second kappa shape index (κ2) is 6.20. The van der Waals surface area contributed by atoms with E-state index in [4.69, 9.17) is 0 Å². The minimum atomic E-state index is -3.31. The van der Waals surface area contributed by atoms with Crippen LogP contribution in [0.15, 0.2) is 53.4 Å². The first-order valence-electron chi connectivity index (χ1n) is 7.71. The van der Waals surface area contributed by atoms with Gasteiger partial charge in [-0.1, -0.05) is 25.1 Å². The highest BCUT2D eigenvalue weighted by Gasteiger charge is 2.18. The molecule has 0 unspecified atom stereocenters. The number of hydrogen-bond donors (Lipinski definition) is 0. The van der Waals surface area contributed by atoms with Crippen molar-refractivity contribution < 1.29 is 13.2 Å². The number of rotatable bonds is 5. The standard InChI is InChI=1S/C18H18N2O3S/c1-3-24(22,23)15-9-10-16-17(12-15)20(14-7-5-4-6-8-14)18(19-16)11-13(2)21/h4-10,12H,3,11H2,1-2H3. The van der Waals surface area contributed by atoms with E-state index in [1.807, 2.05) is 34.9 Å². The Bertz CT molecular complexity index is 1010. The Morgan fingerprint density at radius 2 is 1.83 bits per heavy atom. The summed E-state index contributed by atoms with van der Waals surface area (Å²) in [7, 11) is -3.31. The lowest BCUT2D eigenvalue weighted by molar-refractivity contribution is -0.116. The normalized spacial score (nSPS) is 11.8. The molecule has 0 aliphatic carbocycles. The minimum Gasteiger partial charge on any atom is -0.300 e. The van der Waals surface area contributed by atoms with E-state index in [1.165, 1.54) is 6.92 Å². The molecule has 6 heteroatoms. The van der Waals surface area contributed by atoms with Crippen LogP contribution in [0.5, 0.6) is 0 Å². The van der Waals surface area contributed by atoms with Crippen LogP contribution in [0.2, 0.25) is 0 Å². The monoisotopic (exact) mass is 342 g/mol. The third-order valence-electron chi connectivity index (χ3n) is 3.86. The van der Waals surface area contributed by atoms with Crippen molar-refractivity contribution in [3.05, 3.63) is 54.4 Å². The number of sulfone groups is 1. The predicted octanol–water partition coefficient (Wildman–Crippen LogP) is 2.95. The summed E-state index contributed by atoms with van der Waals surface area (Å²) in [5.41, 5.74) is 2.21. The van der Waals surface area contributed by atoms with Crippen molar-refractivity contribution in [1.29, 1.82) is 0 Å². The Hall–Kier alpha value is -2.47. The molecule has 0 saturated carbocycles. The molecule has 3 aromatic rings. The number of imidazole rings is 1. The summed E-state index contributed by atoms with van der Waals surface area (Å²) < 4.78 is 26.2. The van der Waals surface area contributed by atoms with E-state index in [0.717, 1.165) is 5.69 Å². The van der Waals surface area contributed by atoms with E-state index >= 15 is 0 Å². The van der Waals surface area contributed by atoms with Crippen molar-refractivity contribution in [3.63, 3.8) is 0 Å². The molecule has 1 aromatic heterocycles. The number of carbonyl (C=O) groups is 1. The van der Waals surface area contributed by atoms with Gasteiger partial charge in [0.1, 0.15) is 11.6 Å². The van der Waals surface area contributed by atoms with Crippen LogP contribution in [0.25, 0.3) is 16.7 Å². The number of para-hydroxylation sites is 1. The molecular formula is C18H18N2O3S. The van der Waals surface area contributed by atoms with Gasteiger partial charge in [-0.05, 0) is 37.3 Å². The Labute approximate surface area is 140 Å². The van der Waals surface area contributed by atoms with Crippen molar-refractivity contribution in [1.82, 2.24) is 9.55 Å². The van der Waals surface area contributed by atoms with Gasteiger partial charge in [0.2, 0.25) is 0 Å². The summed E-state index contributed by atoms with van der Waals surface area (Å²) in [5, 5.41) is 0. The van der Waals surface area contributed by atoms with Gasteiger partial charge < -0.3 is 0 Å². The van der Waals surface area contributed by atoms with Crippen LogP contribution in [0.1, 0.15) is 19.7 Å². The maximum absolute atomic E-state index is 12.2. The molecule has 0 bridgehead atoms. The Balaban J connectivity index is 2.31. The summed E-state index contributed by atoms with van der Waals surface area (Å²) in [5.74, 6) is 0.650. The maximum Gasteiger partial charge on any atom is 0.178 e. The Morgan fingerprint density at radius 3 is 2.46 bits per heavy atom. The molecule has 2 aromatic carbocycles. The van der Waals surface area contributed by atoms with E-state index in [2.05, 4.69) is 4.98 Å². The van der Waals surface area contributed by atoms with Gasteiger partial charge in [-0.2, -0.15) is 0 Å². The summed E-state index contributed by atoms with van der Waals surface area (Å²) >= 11 is 0. The lowest BCUT2D eigenvalue weighted by Crippen LogP contribution is -2.07. The second-order valence-corrected chi connectivity index (χ2v) is 7.91. The van der Waals surface area contributed by atoms with Gasteiger partial charge in [0.15, 0.2) is 9.84 Å². The van der Waals surface area contributed by atoms with Crippen LogP contribution in [-0.2, 0) is 21.1 Å². The average Bonchev–Trinajstić information content (AvgIpc) is 2.91. The molecule has 0 N–H and O–H groups in total. The third-order valence-corrected chi connectivity index (χ3v) is 5.59. The van der Waals surface area contributed by atoms with Crippen LogP contribution in [0, 0.1) is 0 Å². The Kier molecular flexibility index (Phi) is 4.24. The number of carbonyl (C=O) groups excluding carboxylic acids is 1. The molecule has 0 spiro atoms. The van der Waals surface area contributed by atoms with Crippen LogP contribution in [-0.4, -0.2) is 29.5 Å². The maximum atomic E-state index is 12.2. The number of benzene rings is 2. The SMILES string of the molecule is CCS(=O)(=O)c1ccc2nc(CC(C)=O)n(-c3ccccc3)c2c1. The zero-order chi connectivity index (χ0) is 17.3. The van der Waals surface area contributed by atoms with Gasteiger partial charge in [0, 0.05) is 5.69 Å². The molecule has 5 nitrogen and oxygen atoms in total. The van der Waals surface area contributed by atoms with Crippen molar-refractivity contribution in [2.45, 2.75) is 25.2 Å². The molecule has 0 aliphatic rings. The molecule has 0 fully saturated rings. The summed E-state index contributed by atoms with van der Waals surface area (Å²) in [4.78, 5) is 16.4. The van der Waals surface area contributed by atoms with E-state index in [9.17, 15) is 13.2 Å². The van der Waals surface area contributed by atoms with Gasteiger partial charge in [0.05, 0.1) is 28.1 Å². The molecule has 1 heterocycles. The van der Waals surface area contributed by atoms with Crippen molar-refractivity contribution in [2.75, 3.05) is 5.75 Å². The minimum absolute atomic E-state index is 0.00360. The quantitative estimate of drug-likeness (QED) is 0.715. The van der Waals surface area contributed by atoms with Crippen LogP contribution in [0.3, 0.4) is 0 Å². The molecule has 3 rings (SSSR count). The Morgan fingerprint density at radius 1 is 1.12 bits per heavy atom. The molecule has 0 aliphatic heterocycles. The lowest BCUT2D eigenvalue weighted by Gasteiger charge is -2.09. The number of hydrogen-bond acceptors (Lipinski definition) is 4. The van der Waals surface area contributed by atoms with Crippen molar-refractivity contribution in [2.24, 2.45) is 0 Å². The first-order valence-corrected chi connectivity index (χ1v) is 9.36. The number of Topliss-reactive ketones (excluding diaryl/α,β-unsaturated/α-hetero) is 1. The van der Waals surface area contributed by atoms with Gasteiger partial charge in [-0.25, -0.2) is 13.4 Å². The van der Waals surface area contributed by atoms with Crippen LogP contribution >= 0.6 is 0 Å². The van der Waals surface area contributed by atoms with E-state index < -0.39 is 9.84 Å². The lowest BCUT2D eigenvalue weighted by atomic mass is 10.2. The highest BCUT2D eigenvalue weighted by molar-refractivity contribution is 7.91. The summed E-state index contributed by atoms with van der Waals surface area (Å²) in [6.45, 7) is 3.14. The first kappa shape index (κ1) is 16.4. The summed E-state index contributed by atoms with van der Waals surface area (Å²) in [6.07, 6.45) is 0.194. The smallest absolute Gasteiger partial charge is 0.178 e. The van der Waals surface area contributed by atoms with Gasteiger partial charge in [-0.3, -0.25) is 9.36 Å². The fraction of sp³-hybridized carbons (Fsp3) is 0.222. The number of fused-ring (bicyclic) bond motifs is 1. The van der Waals surface area contributed by atoms with Gasteiger partial charge in [0.25, 0.3) is 0 Å². The van der Waals surface area contributed by atoms with Crippen molar-refractivity contribution >= 4 is 26.7 Å². The number of ketones is 1. The molecular weight excluding hydrogens is 324 g/mol. The highest BCUT2D eigenvalue weighted by atomic mass is 32.2. The topological polar surface area (TPSA) is 69.0 Å².